The van der Waals surface area contributed by atoms with Gasteiger partial charge in [0, 0.05) is 0 Å². The van der Waals surface area contributed by atoms with Crippen molar-refractivity contribution in [3.63, 3.8) is 0 Å². The van der Waals surface area contributed by atoms with Gasteiger partial charge in [-0.1, -0.05) is 0 Å². The fraction of sp³-hybridized carbons (Fsp3) is 0.200. The minimum absolute atomic E-state index is 0. The molecule has 0 saturated carbocycles. The van der Waals surface area contributed by atoms with Crippen LogP contribution in [0.1, 0.15) is 19.3 Å². The maximum absolute atomic E-state index is 2.99. The predicted octanol–water partition coefficient (Wildman–Crippen LogP) is 3.92. The second-order valence-corrected chi connectivity index (χ2v) is 3.01. The van der Waals surface area contributed by atoms with Crippen LogP contribution in [0.3, 0.4) is 0 Å². The summed E-state index contributed by atoms with van der Waals surface area (Å²) in [5, 5.41) is 0. The second-order valence-electron chi connectivity index (χ2n) is 3.01. The van der Waals surface area contributed by atoms with E-state index >= 15 is 0 Å². The van der Waals surface area contributed by atoms with E-state index in [1.54, 1.807) is 0 Å². The smallest absolute Gasteiger partial charge is 0.273 e. The molecule has 0 unspecified atom stereocenters. The first-order valence-electron chi connectivity index (χ1n) is 5.15. The van der Waals surface area contributed by atoms with E-state index in [1.807, 2.05) is 36.5 Å². The summed E-state index contributed by atoms with van der Waals surface area (Å²) in [6, 6.07) is 0. The summed E-state index contributed by atoms with van der Waals surface area (Å²) < 4.78 is 0. The van der Waals surface area contributed by atoms with E-state index in [4.69, 9.17) is 0 Å². The third-order valence-corrected chi connectivity index (χ3v) is 1.76. The molecule has 0 aromatic rings. The van der Waals surface area contributed by atoms with Crippen molar-refractivity contribution >= 4 is 0 Å². The quantitative estimate of drug-likeness (QED) is 0.584. The molecular weight excluding hydrogens is 331 g/mol. The van der Waals surface area contributed by atoms with E-state index in [9.17, 15) is 0 Å². The molecule has 0 atom stereocenters. The van der Waals surface area contributed by atoms with Crippen LogP contribution >= 0.6 is 0 Å². The zero-order valence-corrected chi connectivity index (χ0v) is 11.8. The Balaban J connectivity index is 0.000000205. The first kappa shape index (κ1) is 15.8. The number of hydrogen-bond acceptors (Lipinski definition) is 0. The first-order chi connectivity index (χ1) is 7.50. The SMILES string of the molecule is [C-]1=CC=CC1.[C-]1=CC=CC1.[C-]1=CC=CC1.[Sm+3]. The molecule has 81 valence electrons. The Hall–Kier alpha value is -0.222. The molecule has 16 heavy (non-hydrogen) atoms. The number of rotatable bonds is 0. The molecule has 0 spiro atoms. The van der Waals surface area contributed by atoms with E-state index < -0.39 is 0 Å². The Bertz CT molecular complexity index is 232. The third kappa shape index (κ3) is 10.3. The van der Waals surface area contributed by atoms with Crippen LogP contribution in [0.5, 0.6) is 0 Å². The minimum atomic E-state index is 0. The molecule has 0 amide bonds. The van der Waals surface area contributed by atoms with E-state index in [0.717, 1.165) is 19.3 Å². The Morgan fingerprint density at radius 2 is 0.875 bits per heavy atom. The molecule has 0 nitrogen and oxygen atoms in total. The maximum Gasteiger partial charge on any atom is 3.00 e. The monoisotopic (exact) mass is 347 g/mol. The van der Waals surface area contributed by atoms with Crippen LogP contribution in [-0.4, -0.2) is 0 Å². The van der Waals surface area contributed by atoms with Gasteiger partial charge in [0.25, 0.3) is 0 Å². The Morgan fingerprint density at radius 1 is 0.562 bits per heavy atom. The molecule has 1 heteroatoms. The van der Waals surface area contributed by atoms with Crippen molar-refractivity contribution in [3.8, 4) is 0 Å². The molecule has 1 radical (unpaired) electrons. The van der Waals surface area contributed by atoms with Crippen LogP contribution in [-0.2, 0) is 0 Å². The van der Waals surface area contributed by atoms with E-state index in [0.29, 0.717) is 0 Å². The molecule has 0 N–H and O–H groups in total. The molecule has 0 aliphatic heterocycles. The Kier molecular flexibility index (Phi) is 12.7. The summed E-state index contributed by atoms with van der Waals surface area (Å²) in [7, 11) is 0. The fourth-order valence-corrected chi connectivity index (χ4v) is 1.02. The van der Waals surface area contributed by atoms with Crippen LogP contribution in [0.2, 0.25) is 0 Å². The van der Waals surface area contributed by atoms with Crippen LogP contribution in [0.15, 0.2) is 54.7 Å². The van der Waals surface area contributed by atoms with Gasteiger partial charge in [0.05, 0.1) is 0 Å². The van der Waals surface area contributed by atoms with E-state index in [-0.39, 0.29) is 40.4 Å². The van der Waals surface area contributed by atoms with E-state index in [2.05, 4.69) is 36.5 Å². The molecule has 0 bridgehead atoms. The van der Waals surface area contributed by atoms with Crippen LogP contribution < -0.4 is 0 Å². The van der Waals surface area contributed by atoms with Gasteiger partial charge < -0.3 is 0 Å². The minimum Gasteiger partial charge on any atom is -0.273 e. The molecule has 0 fully saturated rings. The average molecular weight is 346 g/mol. The van der Waals surface area contributed by atoms with Crippen molar-refractivity contribution < 1.29 is 40.4 Å². The van der Waals surface area contributed by atoms with Gasteiger partial charge in [0.1, 0.15) is 0 Å². The Morgan fingerprint density at radius 3 is 0.938 bits per heavy atom. The normalized spacial score (nSPS) is 16.5. The maximum atomic E-state index is 2.99. The molecular formula is C15H15Sm. The Labute approximate surface area is 131 Å². The number of allylic oxidation sites excluding steroid dienone is 12. The summed E-state index contributed by atoms with van der Waals surface area (Å²) in [5.41, 5.74) is 0. The van der Waals surface area contributed by atoms with Crippen molar-refractivity contribution in [2.75, 3.05) is 0 Å². The van der Waals surface area contributed by atoms with Crippen LogP contribution in [0, 0.1) is 58.6 Å². The molecule has 0 aromatic carbocycles. The summed E-state index contributed by atoms with van der Waals surface area (Å²) in [6.45, 7) is 0. The number of hydrogen-bond donors (Lipinski definition) is 0. The molecule has 0 saturated heterocycles. The van der Waals surface area contributed by atoms with Crippen molar-refractivity contribution in [2.24, 2.45) is 0 Å². The van der Waals surface area contributed by atoms with Crippen LogP contribution in [0.25, 0.3) is 0 Å². The standard InChI is InChI=1S/3C5H5.Sm/c3*1-2-4-5-3-1;/h3*1-3H,4H2;/q3*-1;+3. The summed E-state index contributed by atoms with van der Waals surface area (Å²) >= 11 is 0. The predicted molar refractivity (Wildman–Crippen MR) is 64.7 cm³/mol. The van der Waals surface area contributed by atoms with E-state index in [1.165, 1.54) is 0 Å². The van der Waals surface area contributed by atoms with Gasteiger partial charge in [0.15, 0.2) is 0 Å². The zero-order chi connectivity index (χ0) is 10.6. The van der Waals surface area contributed by atoms with Crippen molar-refractivity contribution in [1.82, 2.24) is 0 Å². The van der Waals surface area contributed by atoms with Crippen molar-refractivity contribution in [2.45, 2.75) is 19.3 Å². The average Bonchev–Trinajstić information content (AvgIpc) is 3.09. The fourth-order valence-electron chi connectivity index (χ4n) is 1.02. The molecule has 0 heterocycles. The largest absolute Gasteiger partial charge is 3.00 e. The molecule has 3 aliphatic carbocycles. The van der Waals surface area contributed by atoms with Gasteiger partial charge >= 0.3 is 40.4 Å². The van der Waals surface area contributed by atoms with Crippen molar-refractivity contribution in [1.29, 1.82) is 0 Å². The second kappa shape index (κ2) is 12.8. The van der Waals surface area contributed by atoms with Gasteiger partial charge in [0.2, 0.25) is 0 Å². The topological polar surface area (TPSA) is 0 Å². The summed E-state index contributed by atoms with van der Waals surface area (Å²) in [5.74, 6) is 0. The van der Waals surface area contributed by atoms with Gasteiger partial charge in [-0.25, -0.2) is 36.5 Å². The van der Waals surface area contributed by atoms with Gasteiger partial charge in [-0.15, -0.1) is 19.3 Å². The first-order valence-corrected chi connectivity index (χ1v) is 5.15. The summed E-state index contributed by atoms with van der Waals surface area (Å²) in [6.07, 6.45) is 30.0. The van der Waals surface area contributed by atoms with Crippen LogP contribution in [0.4, 0.5) is 0 Å². The molecule has 0 aromatic heterocycles. The van der Waals surface area contributed by atoms with Gasteiger partial charge in [-0.05, 0) is 0 Å². The van der Waals surface area contributed by atoms with Gasteiger partial charge in [-0.2, -0.15) is 18.2 Å². The van der Waals surface area contributed by atoms with Crippen molar-refractivity contribution in [3.05, 3.63) is 72.9 Å². The van der Waals surface area contributed by atoms with Gasteiger partial charge in [-0.3, -0.25) is 18.2 Å². The molecule has 3 aliphatic rings. The zero-order valence-electron chi connectivity index (χ0n) is 9.23. The molecule has 3 rings (SSSR count). The summed E-state index contributed by atoms with van der Waals surface area (Å²) in [4.78, 5) is 0. The third-order valence-electron chi connectivity index (χ3n) is 1.76.